The highest BCUT2D eigenvalue weighted by atomic mass is 16.1. The molecule has 0 heterocycles. The Kier molecular flexibility index (Phi) is 5.37. The van der Waals surface area contributed by atoms with E-state index >= 15 is 0 Å². The van der Waals surface area contributed by atoms with E-state index in [4.69, 9.17) is 0 Å². The minimum atomic E-state index is 0.0793. The zero-order valence-corrected chi connectivity index (χ0v) is 13.9. The summed E-state index contributed by atoms with van der Waals surface area (Å²) in [6, 6.07) is 14.6. The third-order valence-corrected chi connectivity index (χ3v) is 4.03. The lowest BCUT2D eigenvalue weighted by Gasteiger charge is -2.20. The molecule has 0 aliphatic carbocycles. The van der Waals surface area contributed by atoms with Crippen molar-refractivity contribution in [2.24, 2.45) is 0 Å². The number of amides is 1. The van der Waals surface area contributed by atoms with Crippen LogP contribution in [0.2, 0.25) is 0 Å². The smallest absolute Gasteiger partial charge is 0.224 e. The molecule has 0 saturated heterocycles. The van der Waals surface area contributed by atoms with Gasteiger partial charge in [0.15, 0.2) is 0 Å². The summed E-state index contributed by atoms with van der Waals surface area (Å²) >= 11 is 0. The van der Waals surface area contributed by atoms with Crippen LogP contribution < -0.4 is 5.32 Å². The van der Waals surface area contributed by atoms with E-state index in [-0.39, 0.29) is 11.9 Å². The van der Waals surface area contributed by atoms with Gasteiger partial charge in [-0.2, -0.15) is 0 Å². The predicted octanol–water partition coefficient (Wildman–Crippen LogP) is 4.42. The molecule has 1 N–H and O–H groups in total. The van der Waals surface area contributed by atoms with Gasteiger partial charge in [-0.25, -0.2) is 0 Å². The maximum Gasteiger partial charge on any atom is 0.224 e. The number of nitrogens with one attached hydrogen (secondary N) is 1. The lowest BCUT2D eigenvalue weighted by Crippen LogP contribution is -2.30. The summed E-state index contributed by atoms with van der Waals surface area (Å²) < 4.78 is 0. The van der Waals surface area contributed by atoms with Crippen molar-refractivity contribution in [1.29, 1.82) is 0 Å². The van der Waals surface area contributed by atoms with Gasteiger partial charge in [-0.1, -0.05) is 60.5 Å². The van der Waals surface area contributed by atoms with Crippen LogP contribution in [0.1, 0.15) is 47.2 Å². The van der Waals surface area contributed by atoms with Crippen molar-refractivity contribution in [1.82, 2.24) is 5.32 Å². The summed E-state index contributed by atoms with van der Waals surface area (Å²) in [6.45, 7) is 8.36. The zero-order chi connectivity index (χ0) is 16.1. The number of hydrogen-bond acceptors (Lipinski definition) is 1. The van der Waals surface area contributed by atoms with E-state index in [1.54, 1.807) is 0 Å². The Morgan fingerprint density at radius 1 is 1.00 bits per heavy atom. The third kappa shape index (κ3) is 4.20. The zero-order valence-electron chi connectivity index (χ0n) is 13.9. The maximum absolute atomic E-state index is 12.3. The van der Waals surface area contributed by atoms with E-state index in [0.29, 0.717) is 6.42 Å². The molecule has 1 atom stereocenters. The molecule has 2 nitrogen and oxygen atoms in total. The van der Waals surface area contributed by atoms with Crippen LogP contribution in [0, 0.1) is 20.8 Å². The second-order valence-electron chi connectivity index (χ2n) is 6.05. The van der Waals surface area contributed by atoms with Crippen LogP contribution in [0.25, 0.3) is 0 Å². The molecule has 0 bridgehead atoms. The van der Waals surface area contributed by atoms with Gasteiger partial charge in [-0.15, -0.1) is 0 Å². The summed E-state index contributed by atoms with van der Waals surface area (Å²) in [4.78, 5) is 12.3. The molecular weight excluding hydrogens is 270 g/mol. The molecule has 22 heavy (non-hydrogen) atoms. The molecule has 0 spiro atoms. The molecule has 0 aliphatic heterocycles. The minimum absolute atomic E-state index is 0.0793. The molecule has 2 aromatic carbocycles. The average Bonchev–Trinajstić information content (AvgIpc) is 2.48. The molecule has 0 fully saturated rings. The molecule has 0 aromatic heterocycles. The van der Waals surface area contributed by atoms with E-state index in [1.165, 1.54) is 22.3 Å². The van der Waals surface area contributed by atoms with Gasteiger partial charge in [-0.05, 0) is 43.9 Å². The van der Waals surface area contributed by atoms with Crippen LogP contribution in [-0.2, 0) is 11.2 Å². The highest BCUT2D eigenvalue weighted by Gasteiger charge is 2.15. The van der Waals surface area contributed by atoms with Crippen LogP contribution in [0.15, 0.2) is 42.5 Å². The number of carbonyl (C=O) groups excluding carboxylic acids is 1. The summed E-state index contributed by atoms with van der Waals surface area (Å²) in [6.07, 6.45) is 1.32. The fraction of sp³-hybridized carbons (Fsp3) is 0.350. The Morgan fingerprint density at radius 2 is 1.64 bits per heavy atom. The van der Waals surface area contributed by atoms with E-state index in [2.05, 4.69) is 51.2 Å². The van der Waals surface area contributed by atoms with Crippen molar-refractivity contribution in [3.05, 3.63) is 70.3 Å². The Balaban J connectivity index is 2.06. The van der Waals surface area contributed by atoms with Crippen molar-refractivity contribution in [3.63, 3.8) is 0 Å². The lowest BCUT2D eigenvalue weighted by molar-refractivity contribution is -0.121. The van der Waals surface area contributed by atoms with E-state index in [9.17, 15) is 4.79 Å². The highest BCUT2D eigenvalue weighted by molar-refractivity contribution is 5.79. The first-order valence-electron chi connectivity index (χ1n) is 7.91. The normalized spacial score (nSPS) is 12.0. The van der Waals surface area contributed by atoms with Crippen LogP contribution in [0.4, 0.5) is 0 Å². The van der Waals surface area contributed by atoms with Crippen LogP contribution in [0.3, 0.4) is 0 Å². The lowest BCUT2D eigenvalue weighted by atomic mass is 9.97. The van der Waals surface area contributed by atoms with Crippen molar-refractivity contribution >= 4 is 5.91 Å². The SMILES string of the molecule is CC[C@@H](NC(=O)Cc1ccc(C)cc1)c1ccc(C)cc1C. The van der Waals surface area contributed by atoms with Gasteiger partial charge in [0.25, 0.3) is 0 Å². The molecule has 0 unspecified atom stereocenters. The second kappa shape index (κ2) is 7.26. The number of hydrogen-bond donors (Lipinski definition) is 1. The second-order valence-corrected chi connectivity index (χ2v) is 6.05. The number of aryl methyl sites for hydroxylation is 3. The predicted molar refractivity (Wildman–Crippen MR) is 92.0 cm³/mol. The molecule has 2 heteroatoms. The highest BCUT2D eigenvalue weighted by Crippen LogP contribution is 2.21. The maximum atomic E-state index is 12.3. The molecule has 1 amide bonds. The quantitative estimate of drug-likeness (QED) is 0.869. The monoisotopic (exact) mass is 295 g/mol. The van der Waals surface area contributed by atoms with Gasteiger partial charge in [-0.3, -0.25) is 4.79 Å². The molecule has 0 saturated carbocycles. The van der Waals surface area contributed by atoms with Gasteiger partial charge < -0.3 is 5.32 Å². The molecule has 0 aliphatic rings. The van der Waals surface area contributed by atoms with Gasteiger partial charge in [0, 0.05) is 0 Å². The summed E-state index contributed by atoms with van der Waals surface area (Å²) in [5.41, 5.74) is 5.97. The van der Waals surface area contributed by atoms with Crippen molar-refractivity contribution in [2.45, 2.75) is 46.6 Å². The average molecular weight is 295 g/mol. The fourth-order valence-corrected chi connectivity index (χ4v) is 2.75. The largest absolute Gasteiger partial charge is 0.349 e. The van der Waals surface area contributed by atoms with Crippen molar-refractivity contribution in [3.8, 4) is 0 Å². The first-order valence-corrected chi connectivity index (χ1v) is 7.91. The number of rotatable bonds is 5. The van der Waals surface area contributed by atoms with Gasteiger partial charge in [0.1, 0.15) is 0 Å². The van der Waals surface area contributed by atoms with Crippen LogP contribution in [-0.4, -0.2) is 5.91 Å². The molecular formula is C20H25NO. The summed E-state index contributed by atoms with van der Waals surface area (Å²) in [7, 11) is 0. The Bertz CT molecular complexity index is 643. The fourth-order valence-electron chi connectivity index (χ4n) is 2.75. The van der Waals surface area contributed by atoms with Crippen molar-refractivity contribution < 1.29 is 4.79 Å². The summed E-state index contributed by atoms with van der Waals surface area (Å²) in [5, 5.41) is 3.17. The minimum Gasteiger partial charge on any atom is -0.349 e. The Labute approximate surface area is 133 Å². The summed E-state index contributed by atoms with van der Waals surface area (Å²) in [5.74, 6) is 0.0793. The first kappa shape index (κ1) is 16.3. The van der Waals surface area contributed by atoms with Gasteiger partial charge in [0.2, 0.25) is 5.91 Å². The topological polar surface area (TPSA) is 29.1 Å². The Hall–Kier alpha value is -2.09. The first-order chi connectivity index (χ1) is 10.5. The molecule has 2 aromatic rings. The van der Waals surface area contributed by atoms with Crippen LogP contribution in [0.5, 0.6) is 0 Å². The van der Waals surface area contributed by atoms with E-state index < -0.39 is 0 Å². The van der Waals surface area contributed by atoms with Crippen LogP contribution >= 0.6 is 0 Å². The van der Waals surface area contributed by atoms with E-state index in [0.717, 1.165) is 12.0 Å². The standard InChI is InChI=1S/C20H25NO/c1-5-19(18-11-8-15(3)12-16(18)4)21-20(22)13-17-9-6-14(2)7-10-17/h6-12,19H,5,13H2,1-4H3,(H,21,22)/t19-/m1/s1. The number of benzene rings is 2. The number of carbonyl (C=O) groups is 1. The molecule has 116 valence electrons. The molecule has 2 rings (SSSR count). The Morgan fingerprint density at radius 3 is 2.23 bits per heavy atom. The van der Waals surface area contributed by atoms with Gasteiger partial charge in [0.05, 0.1) is 12.5 Å². The van der Waals surface area contributed by atoms with E-state index in [1.807, 2.05) is 24.3 Å². The third-order valence-electron chi connectivity index (χ3n) is 4.03. The van der Waals surface area contributed by atoms with Gasteiger partial charge >= 0.3 is 0 Å². The molecule has 0 radical (unpaired) electrons. The van der Waals surface area contributed by atoms with Crippen molar-refractivity contribution in [2.75, 3.05) is 0 Å².